The molecule has 0 spiro atoms. The summed E-state index contributed by atoms with van der Waals surface area (Å²) in [5, 5.41) is 3.39. The first-order valence-corrected chi connectivity index (χ1v) is 6.32. The van der Waals surface area contributed by atoms with Gasteiger partial charge in [-0.2, -0.15) is 0 Å². The van der Waals surface area contributed by atoms with Gasteiger partial charge in [-0.3, -0.25) is 0 Å². The Morgan fingerprint density at radius 1 is 1.24 bits per heavy atom. The first-order chi connectivity index (χ1) is 8.40. The Hall–Kier alpha value is -1.06. The van der Waals surface area contributed by atoms with Crippen molar-refractivity contribution >= 4 is 0 Å². The molecule has 1 aliphatic rings. The lowest BCUT2D eigenvalue weighted by Gasteiger charge is -2.23. The van der Waals surface area contributed by atoms with Crippen LogP contribution in [-0.4, -0.2) is 33.4 Å². The van der Waals surface area contributed by atoms with E-state index in [4.69, 9.17) is 9.47 Å². The lowest BCUT2D eigenvalue weighted by molar-refractivity contribution is 0.146. The summed E-state index contributed by atoms with van der Waals surface area (Å²) in [4.78, 5) is 0. The van der Waals surface area contributed by atoms with Gasteiger partial charge in [-0.25, -0.2) is 0 Å². The lowest BCUT2D eigenvalue weighted by atomic mass is 9.90. The highest BCUT2D eigenvalue weighted by atomic mass is 16.5. The fourth-order valence-electron chi connectivity index (χ4n) is 2.26. The summed E-state index contributed by atoms with van der Waals surface area (Å²) in [5.74, 6) is 1.64. The van der Waals surface area contributed by atoms with E-state index < -0.39 is 0 Å². The SMILES string of the molecule is COCCOc1cccc(C2CCNCC2)c1. The Kier molecular flexibility index (Phi) is 4.83. The van der Waals surface area contributed by atoms with Crippen molar-refractivity contribution in [3.63, 3.8) is 0 Å². The van der Waals surface area contributed by atoms with Gasteiger partial charge in [0.05, 0.1) is 6.61 Å². The first kappa shape index (κ1) is 12.4. The number of piperidine rings is 1. The summed E-state index contributed by atoms with van der Waals surface area (Å²) in [6.07, 6.45) is 2.45. The van der Waals surface area contributed by atoms with Crippen molar-refractivity contribution in [2.75, 3.05) is 33.4 Å². The van der Waals surface area contributed by atoms with E-state index in [1.54, 1.807) is 7.11 Å². The molecule has 94 valence electrons. The maximum absolute atomic E-state index is 5.64. The van der Waals surface area contributed by atoms with Crippen LogP contribution in [0.15, 0.2) is 24.3 Å². The average Bonchev–Trinajstić information content (AvgIpc) is 2.41. The molecule has 0 saturated carbocycles. The smallest absolute Gasteiger partial charge is 0.119 e. The highest BCUT2D eigenvalue weighted by Gasteiger charge is 2.15. The molecule has 1 heterocycles. The second-order valence-corrected chi connectivity index (χ2v) is 4.44. The molecule has 3 heteroatoms. The van der Waals surface area contributed by atoms with Crippen LogP contribution in [0.5, 0.6) is 5.75 Å². The van der Waals surface area contributed by atoms with Crippen molar-refractivity contribution < 1.29 is 9.47 Å². The van der Waals surface area contributed by atoms with E-state index in [2.05, 4.69) is 23.5 Å². The van der Waals surface area contributed by atoms with Crippen LogP contribution < -0.4 is 10.1 Å². The Morgan fingerprint density at radius 2 is 2.06 bits per heavy atom. The van der Waals surface area contributed by atoms with Crippen molar-refractivity contribution in [1.29, 1.82) is 0 Å². The number of benzene rings is 1. The fourth-order valence-corrected chi connectivity index (χ4v) is 2.26. The molecule has 1 aromatic rings. The number of methoxy groups -OCH3 is 1. The minimum Gasteiger partial charge on any atom is -0.491 e. The summed E-state index contributed by atoms with van der Waals surface area (Å²) in [6, 6.07) is 8.48. The van der Waals surface area contributed by atoms with Gasteiger partial charge < -0.3 is 14.8 Å². The highest BCUT2D eigenvalue weighted by Crippen LogP contribution is 2.27. The van der Waals surface area contributed by atoms with E-state index in [0.29, 0.717) is 19.1 Å². The second-order valence-electron chi connectivity index (χ2n) is 4.44. The molecule has 3 nitrogen and oxygen atoms in total. The molecule has 0 bridgehead atoms. The maximum atomic E-state index is 5.64. The first-order valence-electron chi connectivity index (χ1n) is 6.32. The lowest BCUT2D eigenvalue weighted by Crippen LogP contribution is -2.26. The van der Waals surface area contributed by atoms with Crippen LogP contribution in [0.25, 0.3) is 0 Å². The normalized spacial score (nSPS) is 17.0. The molecule has 0 unspecified atom stereocenters. The zero-order valence-corrected chi connectivity index (χ0v) is 10.4. The minimum atomic E-state index is 0.617. The van der Waals surface area contributed by atoms with E-state index in [9.17, 15) is 0 Å². The average molecular weight is 235 g/mol. The molecule has 0 aliphatic carbocycles. The topological polar surface area (TPSA) is 30.5 Å². The van der Waals surface area contributed by atoms with E-state index >= 15 is 0 Å². The second kappa shape index (κ2) is 6.62. The predicted octanol–water partition coefficient (Wildman–Crippen LogP) is 2.18. The minimum absolute atomic E-state index is 0.617. The third kappa shape index (κ3) is 3.72. The zero-order chi connectivity index (χ0) is 11.9. The summed E-state index contributed by atoms with van der Waals surface area (Å²) in [6.45, 7) is 3.50. The molecule has 1 N–H and O–H groups in total. The van der Waals surface area contributed by atoms with Gasteiger partial charge in [-0.1, -0.05) is 12.1 Å². The van der Waals surface area contributed by atoms with E-state index in [-0.39, 0.29) is 0 Å². The van der Waals surface area contributed by atoms with Crippen LogP contribution in [0, 0.1) is 0 Å². The summed E-state index contributed by atoms with van der Waals surface area (Å²) < 4.78 is 10.6. The fraction of sp³-hybridized carbons (Fsp3) is 0.571. The molecule has 1 aliphatic heterocycles. The Labute approximate surface area is 103 Å². The number of nitrogens with one attached hydrogen (secondary N) is 1. The maximum Gasteiger partial charge on any atom is 0.119 e. The van der Waals surface area contributed by atoms with Gasteiger partial charge in [0.15, 0.2) is 0 Å². The molecular formula is C14H21NO2. The number of rotatable bonds is 5. The van der Waals surface area contributed by atoms with Crippen LogP contribution in [0.3, 0.4) is 0 Å². The summed E-state index contributed by atoms with van der Waals surface area (Å²) in [5.41, 5.74) is 1.40. The third-order valence-electron chi connectivity index (χ3n) is 3.22. The van der Waals surface area contributed by atoms with Crippen LogP contribution in [0.1, 0.15) is 24.3 Å². The number of hydrogen-bond donors (Lipinski definition) is 1. The quantitative estimate of drug-likeness (QED) is 0.793. The van der Waals surface area contributed by atoms with Gasteiger partial charge in [-0.05, 0) is 49.5 Å². The molecule has 2 rings (SSSR count). The van der Waals surface area contributed by atoms with Gasteiger partial charge in [0.25, 0.3) is 0 Å². The van der Waals surface area contributed by atoms with E-state index in [1.165, 1.54) is 18.4 Å². The molecule has 17 heavy (non-hydrogen) atoms. The van der Waals surface area contributed by atoms with Gasteiger partial charge in [0.1, 0.15) is 12.4 Å². The van der Waals surface area contributed by atoms with Gasteiger partial charge >= 0.3 is 0 Å². The number of hydrogen-bond acceptors (Lipinski definition) is 3. The molecule has 1 fully saturated rings. The molecule has 1 saturated heterocycles. The van der Waals surface area contributed by atoms with Crippen molar-refractivity contribution in [3.8, 4) is 5.75 Å². The van der Waals surface area contributed by atoms with Gasteiger partial charge in [-0.15, -0.1) is 0 Å². The van der Waals surface area contributed by atoms with E-state index in [0.717, 1.165) is 18.8 Å². The van der Waals surface area contributed by atoms with Crippen molar-refractivity contribution in [2.45, 2.75) is 18.8 Å². The van der Waals surface area contributed by atoms with Crippen LogP contribution in [0.2, 0.25) is 0 Å². The van der Waals surface area contributed by atoms with Crippen molar-refractivity contribution in [1.82, 2.24) is 5.32 Å². The van der Waals surface area contributed by atoms with Gasteiger partial charge in [0, 0.05) is 7.11 Å². The number of ether oxygens (including phenoxy) is 2. The highest BCUT2D eigenvalue weighted by molar-refractivity contribution is 5.31. The predicted molar refractivity (Wildman–Crippen MR) is 68.7 cm³/mol. The summed E-state index contributed by atoms with van der Waals surface area (Å²) in [7, 11) is 1.69. The monoisotopic (exact) mass is 235 g/mol. The molecule has 0 aromatic heterocycles. The molecule has 0 radical (unpaired) electrons. The largest absolute Gasteiger partial charge is 0.491 e. The van der Waals surface area contributed by atoms with Crippen molar-refractivity contribution in [2.24, 2.45) is 0 Å². The van der Waals surface area contributed by atoms with Crippen LogP contribution >= 0.6 is 0 Å². The standard InChI is InChI=1S/C14H21NO2/c1-16-9-10-17-14-4-2-3-13(11-14)12-5-7-15-8-6-12/h2-4,11-12,15H,5-10H2,1H3. The third-order valence-corrected chi connectivity index (χ3v) is 3.22. The Balaban J connectivity index is 1.95. The molecular weight excluding hydrogens is 214 g/mol. The Morgan fingerprint density at radius 3 is 2.82 bits per heavy atom. The molecule has 0 amide bonds. The molecule has 0 atom stereocenters. The van der Waals surface area contributed by atoms with Crippen molar-refractivity contribution in [3.05, 3.63) is 29.8 Å². The Bertz CT molecular complexity index is 335. The van der Waals surface area contributed by atoms with Crippen LogP contribution in [-0.2, 0) is 4.74 Å². The van der Waals surface area contributed by atoms with Gasteiger partial charge in [0.2, 0.25) is 0 Å². The zero-order valence-electron chi connectivity index (χ0n) is 10.4. The van der Waals surface area contributed by atoms with E-state index in [1.807, 2.05) is 6.07 Å². The molecule has 1 aromatic carbocycles. The van der Waals surface area contributed by atoms with Crippen LogP contribution in [0.4, 0.5) is 0 Å². The summed E-state index contributed by atoms with van der Waals surface area (Å²) >= 11 is 0.